The van der Waals surface area contributed by atoms with E-state index in [1.807, 2.05) is 30.3 Å². The highest BCUT2D eigenvalue weighted by Crippen LogP contribution is 2.28. The molecular weight excluding hydrogens is 421 g/mol. The van der Waals surface area contributed by atoms with Crippen molar-refractivity contribution in [3.05, 3.63) is 48.0 Å². The summed E-state index contributed by atoms with van der Waals surface area (Å²) >= 11 is 0. The molecule has 0 aliphatic rings. The lowest BCUT2D eigenvalue weighted by Gasteiger charge is -2.12. The Hall–Kier alpha value is -2.16. The van der Waals surface area contributed by atoms with Crippen LogP contribution in [-0.4, -0.2) is 27.3 Å². The molecular formula is C17H22IN3O3. The van der Waals surface area contributed by atoms with Crippen LogP contribution in [-0.2, 0) is 6.54 Å². The van der Waals surface area contributed by atoms with Crippen molar-refractivity contribution in [2.24, 2.45) is 10.7 Å². The van der Waals surface area contributed by atoms with Crippen LogP contribution in [0.2, 0.25) is 0 Å². The molecule has 0 spiro atoms. The van der Waals surface area contributed by atoms with Gasteiger partial charge in [0.2, 0.25) is 0 Å². The average molecular weight is 443 g/mol. The summed E-state index contributed by atoms with van der Waals surface area (Å²) in [5, 5.41) is 3.03. The largest absolute Gasteiger partial charge is 0.497 e. The molecule has 0 aromatic heterocycles. The van der Waals surface area contributed by atoms with E-state index in [4.69, 9.17) is 19.9 Å². The molecule has 2 aromatic rings. The van der Waals surface area contributed by atoms with E-state index in [9.17, 15) is 0 Å². The van der Waals surface area contributed by atoms with Gasteiger partial charge in [0.05, 0.1) is 33.6 Å². The first-order chi connectivity index (χ1) is 11.2. The zero-order chi connectivity index (χ0) is 16.7. The van der Waals surface area contributed by atoms with Gasteiger partial charge in [-0.1, -0.05) is 12.1 Å². The number of rotatable bonds is 6. The average Bonchev–Trinajstić information content (AvgIpc) is 2.60. The lowest BCUT2D eigenvalue weighted by atomic mass is 10.2. The molecule has 24 heavy (non-hydrogen) atoms. The first kappa shape index (κ1) is 19.9. The number of guanidine groups is 1. The summed E-state index contributed by atoms with van der Waals surface area (Å²) < 4.78 is 15.7. The van der Waals surface area contributed by atoms with Crippen molar-refractivity contribution in [3.63, 3.8) is 0 Å². The molecule has 0 saturated heterocycles. The summed E-state index contributed by atoms with van der Waals surface area (Å²) in [6.45, 7) is 0.447. The van der Waals surface area contributed by atoms with E-state index in [0.29, 0.717) is 29.7 Å². The number of nitrogens with one attached hydrogen (secondary N) is 1. The van der Waals surface area contributed by atoms with E-state index in [1.165, 1.54) is 0 Å². The van der Waals surface area contributed by atoms with Crippen LogP contribution in [0.25, 0.3) is 0 Å². The van der Waals surface area contributed by atoms with Crippen LogP contribution < -0.4 is 25.3 Å². The summed E-state index contributed by atoms with van der Waals surface area (Å²) in [4.78, 5) is 4.33. The van der Waals surface area contributed by atoms with E-state index in [2.05, 4.69) is 10.3 Å². The Balaban J connectivity index is 0.00000288. The van der Waals surface area contributed by atoms with E-state index >= 15 is 0 Å². The number of nitrogens with two attached hydrogens (primary N) is 1. The lowest BCUT2D eigenvalue weighted by Crippen LogP contribution is -2.23. The van der Waals surface area contributed by atoms with Crippen molar-refractivity contribution in [1.82, 2.24) is 0 Å². The Morgan fingerprint density at radius 1 is 1.00 bits per heavy atom. The minimum absolute atomic E-state index is 0. The number of nitrogens with zero attached hydrogens (tertiary/aromatic N) is 1. The van der Waals surface area contributed by atoms with Crippen LogP contribution in [0.5, 0.6) is 17.2 Å². The fourth-order valence-electron chi connectivity index (χ4n) is 2.04. The maximum absolute atomic E-state index is 5.95. The van der Waals surface area contributed by atoms with Crippen molar-refractivity contribution in [3.8, 4) is 17.2 Å². The number of hydrogen-bond acceptors (Lipinski definition) is 4. The van der Waals surface area contributed by atoms with Gasteiger partial charge in [0, 0.05) is 6.07 Å². The second-order valence-corrected chi connectivity index (χ2v) is 4.74. The van der Waals surface area contributed by atoms with Crippen LogP contribution in [0, 0.1) is 0 Å². The van der Waals surface area contributed by atoms with Crippen LogP contribution in [0.3, 0.4) is 0 Å². The Morgan fingerprint density at radius 3 is 2.38 bits per heavy atom. The molecule has 0 unspecified atom stereocenters. The Labute approximate surface area is 159 Å². The number of ether oxygens (including phenoxy) is 3. The Morgan fingerprint density at radius 2 is 1.71 bits per heavy atom. The molecule has 3 N–H and O–H groups in total. The second kappa shape index (κ2) is 9.86. The molecule has 0 bridgehead atoms. The Kier molecular flexibility index (Phi) is 8.17. The first-order valence-electron chi connectivity index (χ1n) is 7.08. The monoisotopic (exact) mass is 443 g/mol. The first-order valence-corrected chi connectivity index (χ1v) is 7.08. The maximum Gasteiger partial charge on any atom is 0.193 e. The van der Waals surface area contributed by atoms with Crippen molar-refractivity contribution in [2.45, 2.75) is 6.54 Å². The van der Waals surface area contributed by atoms with E-state index in [-0.39, 0.29) is 24.0 Å². The molecule has 0 radical (unpaired) electrons. The third kappa shape index (κ3) is 5.48. The zero-order valence-electron chi connectivity index (χ0n) is 13.9. The third-order valence-corrected chi connectivity index (χ3v) is 3.24. The molecule has 2 rings (SSSR count). The fourth-order valence-corrected chi connectivity index (χ4v) is 2.04. The molecule has 0 amide bonds. The SMILES string of the molecule is COc1cccc(CN=C(N)Nc2cc(OC)ccc2OC)c1.I. The predicted molar refractivity (Wildman–Crippen MR) is 107 cm³/mol. The van der Waals surface area contributed by atoms with Gasteiger partial charge in [0.1, 0.15) is 17.2 Å². The normalized spacial score (nSPS) is 10.5. The molecule has 0 heterocycles. The number of hydrogen-bond donors (Lipinski definition) is 2. The number of aliphatic imine (C=N–C) groups is 1. The second-order valence-electron chi connectivity index (χ2n) is 4.74. The number of anilines is 1. The van der Waals surface area contributed by atoms with Gasteiger partial charge in [-0.15, -0.1) is 24.0 Å². The van der Waals surface area contributed by atoms with Gasteiger partial charge in [0.15, 0.2) is 5.96 Å². The van der Waals surface area contributed by atoms with Gasteiger partial charge >= 0.3 is 0 Å². The standard InChI is InChI=1S/C17H21N3O3.HI/c1-21-13-6-4-5-12(9-13)11-19-17(18)20-15-10-14(22-2)7-8-16(15)23-3;/h4-10H,11H2,1-3H3,(H3,18,19,20);1H. The van der Waals surface area contributed by atoms with Crippen molar-refractivity contribution >= 4 is 35.6 Å². The van der Waals surface area contributed by atoms with Gasteiger partial charge in [-0.25, -0.2) is 4.99 Å². The van der Waals surface area contributed by atoms with E-state index in [1.54, 1.807) is 33.5 Å². The molecule has 0 saturated carbocycles. The molecule has 6 nitrogen and oxygen atoms in total. The third-order valence-electron chi connectivity index (χ3n) is 3.24. The number of benzene rings is 2. The summed E-state index contributed by atoms with van der Waals surface area (Å²) in [6, 6.07) is 13.1. The van der Waals surface area contributed by atoms with Gasteiger partial charge in [0.25, 0.3) is 0 Å². The highest BCUT2D eigenvalue weighted by Gasteiger charge is 2.06. The smallest absolute Gasteiger partial charge is 0.193 e. The van der Waals surface area contributed by atoms with Crippen LogP contribution in [0.1, 0.15) is 5.56 Å². The van der Waals surface area contributed by atoms with Crippen LogP contribution in [0.15, 0.2) is 47.5 Å². The molecule has 0 aliphatic carbocycles. The molecule has 130 valence electrons. The van der Waals surface area contributed by atoms with Crippen LogP contribution in [0.4, 0.5) is 5.69 Å². The van der Waals surface area contributed by atoms with Crippen molar-refractivity contribution in [1.29, 1.82) is 0 Å². The van der Waals surface area contributed by atoms with Crippen molar-refractivity contribution in [2.75, 3.05) is 26.6 Å². The number of methoxy groups -OCH3 is 3. The summed E-state index contributed by atoms with van der Waals surface area (Å²) in [5.41, 5.74) is 7.65. The minimum atomic E-state index is 0. The van der Waals surface area contributed by atoms with Gasteiger partial charge in [-0.05, 0) is 29.8 Å². The highest BCUT2D eigenvalue weighted by atomic mass is 127. The number of halogens is 1. The molecule has 0 fully saturated rings. The van der Waals surface area contributed by atoms with E-state index < -0.39 is 0 Å². The lowest BCUT2D eigenvalue weighted by molar-refractivity contribution is 0.405. The summed E-state index contributed by atoms with van der Waals surface area (Å²) in [7, 11) is 4.83. The van der Waals surface area contributed by atoms with E-state index in [0.717, 1.165) is 11.3 Å². The summed E-state index contributed by atoms with van der Waals surface area (Å²) in [5.74, 6) is 2.44. The minimum Gasteiger partial charge on any atom is -0.497 e. The van der Waals surface area contributed by atoms with Crippen molar-refractivity contribution < 1.29 is 14.2 Å². The molecule has 0 atom stereocenters. The summed E-state index contributed by atoms with van der Waals surface area (Å²) in [6.07, 6.45) is 0. The molecule has 2 aromatic carbocycles. The zero-order valence-corrected chi connectivity index (χ0v) is 16.2. The fraction of sp³-hybridized carbons (Fsp3) is 0.235. The highest BCUT2D eigenvalue weighted by molar-refractivity contribution is 14.0. The van der Waals surface area contributed by atoms with Gasteiger partial charge in [-0.3, -0.25) is 0 Å². The topological polar surface area (TPSA) is 78.1 Å². The predicted octanol–water partition coefficient (Wildman–Crippen LogP) is 3.26. The maximum atomic E-state index is 5.95. The van der Waals surface area contributed by atoms with Gasteiger partial charge in [-0.2, -0.15) is 0 Å². The molecule has 0 aliphatic heterocycles. The molecule has 7 heteroatoms. The quantitative estimate of drug-likeness (QED) is 0.407. The van der Waals surface area contributed by atoms with Gasteiger partial charge < -0.3 is 25.3 Å². The Bertz CT molecular complexity index is 693. The van der Waals surface area contributed by atoms with Crippen LogP contribution >= 0.6 is 24.0 Å².